The number of hydrogen-bond donors (Lipinski definition) is 1. The van der Waals surface area contributed by atoms with Crippen LogP contribution in [-0.2, 0) is 9.53 Å². The third-order valence-corrected chi connectivity index (χ3v) is 3.46. The Kier molecular flexibility index (Phi) is 4.25. The fraction of sp³-hybridized carbons (Fsp3) is 0.500. The molecule has 1 N–H and O–H groups in total. The molecule has 0 aliphatic carbocycles. The Morgan fingerprint density at radius 3 is 2.83 bits per heavy atom. The van der Waals surface area contributed by atoms with Crippen molar-refractivity contribution in [3.8, 4) is 0 Å². The van der Waals surface area contributed by atoms with Crippen LogP contribution in [0.25, 0.3) is 0 Å². The van der Waals surface area contributed by atoms with Crippen LogP contribution in [0.4, 0.5) is 0 Å². The molecule has 0 spiro atoms. The third-order valence-electron chi connectivity index (χ3n) is 3.12. The molecular formula is C14H18ClNO2. The van der Waals surface area contributed by atoms with Crippen molar-refractivity contribution in [2.45, 2.75) is 32.4 Å². The maximum absolute atomic E-state index is 12.0. The summed E-state index contributed by atoms with van der Waals surface area (Å²) in [5.41, 5.74) is 0.974. The molecule has 0 radical (unpaired) electrons. The van der Waals surface area contributed by atoms with Crippen LogP contribution in [0.2, 0.25) is 5.02 Å². The van der Waals surface area contributed by atoms with Crippen LogP contribution in [0.3, 0.4) is 0 Å². The van der Waals surface area contributed by atoms with Gasteiger partial charge in [-0.3, -0.25) is 4.79 Å². The molecule has 2 rings (SSSR count). The topological polar surface area (TPSA) is 38.3 Å². The Morgan fingerprint density at radius 1 is 1.44 bits per heavy atom. The lowest BCUT2D eigenvalue weighted by molar-refractivity contribution is -0.152. The van der Waals surface area contributed by atoms with Gasteiger partial charge in [0.2, 0.25) is 0 Å². The number of carbonyl (C=O) groups excluding carboxylic acids is 1. The lowest BCUT2D eigenvalue weighted by Crippen LogP contribution is -2.27. The van der Waals surface area contributed by atoms with E-state index < -0.39 is 0 Å². The average Bonchev–Trinajstić information content (AvgIpc) is 2.77. The summed E-state index contributed by atoms with van der Waals surface area (Å²) in [6.07, 6.45) is 0.714. The Hall–Kier alpha value is -1.06. The van der Waals surface area contributed by atoms with E-state index in [1.165, 1.54) is 0 Å². The number of rotatable bonds is 3. The lowest BCUT2D eigenvalue weighted by atomic mass is 9.94. The first kappa shape index (κ1) is 13.4. The molecule has 1 aromatic rings. The summed E-state index contributed by atoms with van der Waals surface area (Å²) in [4.78, 5) is 12.0. The minimum Gasteiger partial charge on any atom is -0.463 e. The highest BCUT2D eigenvalue weighted by molar-refractivity contribution is 6.31. The van der Waals surface area contributed by atoms with E-state index in [9.17, 15) is 4.79 Å². The highest BCUT2D eigenvalue weighted by atomic mass is 35.5. The summed E-state index contributed by atoms with van der Waals surface area (Å²) in [5.74, 6) is -0.285. The van der Waals surface area contributed by atoms with E-state index in [-0.39, 0.29) is 24.0 Å². The quantitative estimate of drug-likeness (QED) is 0.856. The van der Waals surface area contributed by atoms with E-state index in [0.717, 1.165) is 18.5 Å². The number of hydrogen-bond acceptors (Lipinski definition) is 3. The van der Waals surface area contributed by atoms with E-state index in [4.69, 9.17) is 16.3 Å². The predicted molar refractivity (Wildman–Crippen MR) is 71.5 cm³/mol. The third kappa shape index (κ3) is 2.85. The van der Waals surface area contributed by atoms with Gasteiger partial charge in [-0.15, -0.1) is 0 Å². The van der Waals surface area contributed by atoms with Crippen molar-refractivity contribution in [1.29, 1.82) is 0 Å². The van der Waals surface area contributed by atoms with Gasteiger partial charge in [0.05, 0.1) is 12.0 Å². The van der Waals surface area contributed by atoms with E-state index >= 15 is 0 Å². The second-order valence-corrected chi connectivity index (χ2v) is 5.24. The second-order valence-electron chi connectivity index (χ2n) is 4.83. The van der Waals surface area contributed by atoms with Crippen LogP contribution in [0.5, 0.6) is 0 Å². The van der Waals surface area contributed by atoms with Crippen molar-refractivity contribution < 1.29 is 9.53 Å². The summed E-state index contributed by atoms with van der Waals surface area (Å²) < 4.78 is 5.30. The molecule has 18 heavy (non-hydrogen) atoms. The molecule has 1 aliphatic heterocycles. The second kappa shape index (κ2) is 5.72. The molecule has 1 aliphatic rings. The highest BCUT2D eigenvalue weighted by Gasteiger charge is 2.36. The van der Waals surface area contributed by atoms with Crippen LogP contribution in [0.1, 0.15) is 31.9 Å². The fourth-order valence-corrected chi connectivity index (χ4v) is 2.58. The zero-order chi connectivity index (χ0) is 13.1. The van der Waals surface area contributed by atoms with Gasteiger partial charge in [-0.2, -0.15) is 0 Å². The lowest BCUT2D eigenvalue weighted by Gasteiger charge is -2.21. The van der Waals surface area contributed by atoms with E-state index in [2.05, 4.69) is 5.32 Å². The molecule has 98 valence electrons. The number of esters is 1. The summed E-state index contributed by atoms with van der Waals surface area (Å²) in [7, 11) is 0. The largest absolute Gasteiger partial charge is 0.463 e. The van der Waals surface area contributed by atoms with Crippen LogP contribution >= 0.6 is 11.6 Å². The zero-order valence-corrected chi connectivity index (χ0v) is 11.4. The zero-order valence-electron chi connectivity index (χ0n) is 10.7. The smallest absolute Gasteiger partial charge is 0.311 e. The molecule has 1 heterocycles. The molecule has 0 amide bonds. The van der Waals surface area contributed by atoms with Crippen molar-refractivity contribution in [2.24, 2.45) is 5.92 Å². The Balaban J connectivity index is 2.18. The van der Waals surface area contributed by atoms with Crippen molar-refractivity contribution in [2.75, 3.05) is 6.54 Å². The molecule has 0 saturated carbocycles. The van der Waals surface area contributed by atoms with Crippen molar-refractivity contribution in [3.05, 3.63) is 34.9 Å². The highest BCUT2D eigenvalue weighted by Crippen LogP contribution is 2.34. The van der Waals surface area contributed by atoms with Crippen LogP contribution in [0.15, 0.2) is 24.3 Å². The van der Waals surface area contributed by atoms with E-state index in [1.54, 1.807) is 0 Å². The minimum absolute atomic E-state index is 0.0371. The first-order valence-corrected chi connectivity index (χ1v) is 6.65. The van der Waals surface area contributed by atoms with Crippen LogP contribution in [0, 0.1) is 5.92 Å². The van der Waals surface area contributed by atoms with Crippen molar-refractivity contribution in [1.82, 2.24) is 5.32 Å². The summed E-state index contributed by atoms with van der Waals surface area (Å²) in [6.45, 7) is 4.54. The number of halogens is 1. The van der Waals surface area contributed by atoms with Gasteiger partial charge < -0.3 is 10.1 Å². The molecule has 1 aromatic carbocycles. The van der Waals surface area contributed by atoms with Gasteiger partial charge in [-0.05, 0) is 38.4 Å². The predicted octanol–water partition coefficient (Wildman–Crippen LogP) is 2.94. The Morgan fingerprint density at radius 2 is 2.17 bits per heavy atom. The maximum Gasteiger partial charge on any atom is 0.311 e. The monoisotopic (exact) mass is 267 g/mol. The summed E-state index contributed by atoms with van der Waals surface area (Å²) in [5, 5.41) is 4.03. The molecule has 2 atom stereocenters. The Labute approximate surface area is 112 Å². The SMILES string of the molecule is CC(C)OC(=O)[C@@H]1CCN[C@@H]1c1ccccc1Cl. The number of benzene rings is 1. The van der Waals surface area contributed by atoms with Gasteiger partial charge in [-0.25, -0.2) is 0 Å². The van der Waals surface area contributed by atoms with Crippen LogP contribution < -0.4 is 5.32 Å². The maximum atomic E-state index is 12.0. The molecule has 1 fully saturated rings. The molecule has 0 bridgehead atoms. The minimum atomic E-state index is -0.146. The number of ether oxygens (including phenoxy) is 1. The average molecular weight is 268 g/mol. The molecular weight excluding hydrogens is 250 g/mol. The van der Waals surface area contributed by atoms with Crippen LogP contribution in [-0.4, -0.2) is 18.6 Å². The molecule has 0 aromatic heterocycles. The van der Waals surface area contributed by atoms with E-state index in [0.29, 0.717) is 5.02 Å². The Bertz CT molecular complexity index is 434. The number of nitrogens with one attached hydrogen (secondary N) is 1. The van der Waals surface area contributed by atoms with Gasteiger partial charge in [0, 0.05) is 11.1 Å². The van der Waals surface area contributed by atoms with Crippen molar-refractivity contribution >= 4 is 17.6 Å². The number of carbonyl (C=O) groups is 1. The first-order valence-electron chi connectivity index (χ1n) is 6.28. The summed E-state index contributed by atoms with van der Waals surface area (Å²) >= 11 is 6.19. The van der Waals surface area contributed by atoms with Gasteiger partial charge >= 0.3 is 5.97 Å². The molecule has 1 saturated heterocycles. The van der Waals surface area contributed by atoms with Gasteiger partial charge in [0.1, 0.15) is 0 Å². The standard InChI is InChI=1S/C14H18ClNO2/c1-9(2)18-14(17)11-7-8-16-13(11)10-5-3-4-6-12(10)15/h3-6,9,11,13,16H,7-8H2,1-2H3/t11-,13-/m1/s1. The van der Waals surface area contributed by atoms with Gasteiger partial charge in [-0.1, -0.05) is 29.8 Å². The fourth-order valence-electron chi connectivity index (χ4n) is 2.33. The van der Waals surface area contributed by atoms with Gasteiger partial charge in [0.15, 0.2) is 0 Å². The molecule has 4 heteroatoms. The molecule has 3 nitrogen and oxygen atoms in total. The summed E-state index contributed by atoms with van der Waals surface area (Å²) in [6, 6.07) is 7.60. The van der Waals surface area contributed by atoms with Crippen molar-refractivity contribution in [3.63, 3.8) is 0 Å². The normalized spacial score (nSPS) is 23.3. The van der Waals surface area contributed by atoms with Gasteiger partial charge in [0.25, 0.3) is 0 Å². The first-order chi connectivity index (χ1) is 8.59. The molecule has 0 unspecified atom stereocenters. The van der Waals surface area contributed by atoms with E-state index in [1.807, 2.05) is 38.1 Å².